The van der Waals surface area contributed by atoms with Gasteiger partial charge in [0.2, 0.25) is 5.91 Å². The van der Waals surface area contributed by atoms with E-state index in [4.69, 9.17) is 5.73 Å². The van der Waals surface area contributed by atoms with Gasteiger partial charge in [-0.2, -0.15) is 0 Å². The number of hydrogen-bond donors (Lipinski definition) is 2. The molecule has 0 fully saturated rings. The van der Waals surface area contributed by atoms with Crippen LogP contribution in [0.2, 0.25) is 0 Å². The molecule has 4 nitrogen and oxygen atoms in total. The molecule has 0 spiro atoms. The highest BCUT2D eigenvalue weighted by Gasteiger charge is 2.17. The summed E-state index contributed by atoms with van der Waals surface area (Å²) < 4.78 is 1.93. The zero-order chi connectivity index (χ0) is 16.4. The first-order valence-corrected chi connectivity index (χ1v) is 7.75. The number of carbonyl (C=O) groups is 1. The first-order chi connectivity index (χ1) is 11.1. The number of hydrogen-bond acceptors (Lipinski definition) is 2. The second-order valence-corrected chi connectivity index (χ2v) is 5.70. The maximum absolute atomic E-state index is 11.5. The van der Waals surface area contributed by atoms with Crippen molar-refractivity contribution >= 4 is 16.8 Å². The van der Waals surface area contributed by atoms with Crippen LogP contribution < -0.4 is 5.73 Å². The maximum Gasteiger partial charge on any atom is 0.237 e. The van der Waals surface area contributed by atoms with Gasteiger partial charge in [0.1, 0.15) is 12.3 Å². The van der Waals surface area contributed by atoms with E-state index in [-0.39, 0.29) is 18.2 Å². The highest BCUT2D eigenvalue weighted by atomic mass is 16.3. The van der Waals surface area contributed by atoms with Crippen LogP contribution in [-0.4, -0.2) is 15.6 Å². The molecule has 23 heavy (non-hydrogen) atoms. The van der Waals surface area contributed by atoms with Crippen LogP contribution in [0.5, 0.6) is 5.75 Å². The number of aromatic hydroxyl groups is 1. The first kappa shape index (κ1) is 15.2. The number of aromatic nitrogens is 1. The van der Waals surface area contributed by atoms with Crippen molar-refractivity contribution in [3.05, 3.63) is 65.4 Å². The minimum absolute atomic E-state index is 0.123. The molecule has 1 heterocycles. The largest absolute Gasteiger partial charge is 0.508 e. The Morgan fingerprint density at radius 3 is 2.57 bits per heavy atom. The highest BCUT2D eigenvalue weighted by Crippen LogP contribution is 2.31. The lowest BCUT2D eigenvalue weighted by Crippen LogP contribution is -2.20. The molecule has 1 aromatic heterocycles. The molecule has 0 aliphatic carbocycles. The van der Waals surface area contributed by atoms with Gasteiger partial charge in [0.25, 0.3) is 0 Å². The van der Waals surface area contributed by atoms with Gasteiger partial charge in [0.05, 0.1) is 5.52 Å². The Bertz CT molecular complexity index is 851. The van der Waals surface area contributed by atoms with E-state index in [0.717, 1.165) is 29.4 Å². The number of rotatable bonds is 5. The summed E-state index contributed by atoms with van der Waals surface area (Å²) in [5.74, 6) is -0.194. The molecule has 0 radical (unpaired) electrons. The molecule has 118 valence electrons. The molecule has 1 amide bonds. The SMILES string of the molecule is CCc1c(Cc2ccccc2)c2ccc(O)cc2n1CC(N)=O. The van der Waals surface area contributed by atoms with E-state index < -0.39 is 0 Å². The van der Waals surface area contributed by atoms with Gasteiger partial charge in [0, 0.05) is 17.1 Å². The molecule has 0 bridgehead atoms. The Kier molecular flexibility index (Phi) is 4.06. The number of nitrogens with zero attached hydrogens (tertiary/aromatic N) is 1. The van der Waals surface area contributed by atoms with Crippen molar-refractivity contribution in [1.82, 2.24) is 4.57 Å². The molecule has 0 atom stereocenters. The van der Waals surface area contributed by atoms with Crippen LogP contribution in [0.1, 0.15) is 23.7 Å². The third kappa shape index (κ3) is 2.93. The van der Waals surface area contributed by atoms with E-state index in [2.05, 4.69) is 19.1 Å². The number of carbonyl (C=O) groups excluding carboxylic acids is 1. The average molecular weight is 308 g/mol. The molecular formula is C19H20N2O2. The van der Waals surface area contributed by atoms with Gasteiger partial charge in [-0.15, -0.1) is 0 Å². The Hall–Kier alpha value is -2.75. The van der Waals surface area contributed by atoms with Gasteiger partial charge in [0.15, 0.2) is 0 Å². The van der Waals surface area contributed by atoms with Gasteiger partial charge in [-0.1, -0.05) is 37.3 Å². The number of phenols is 1. The lowest BCUT2D eigenvalue weighted by molar-refractivity contribution is -0.118. The average Bonchev–Trinajstić information content (AvgIpc) is 2.80. The fourth-order valence-corrected chi connectivity index (χ4v) is 3.20. The minimum atomic E-state index is -0.383. The number of amides is 1. The monoisotopic (exact) mass is 308 g/mol. The highest BCUT2D eigenvalue weighted by molar-refractivity contribution is 5.88. The molecule has 3 aromatic rings. The summed E-state index contributed by atoms with van der Waals surface area (Å²) in [6.45, 7) is 2.19. The van der Waals surface area contributed by atoms with Gasteiger partial charge < -0.3 is 15.4 Å². The smallest absolute Gasteiger partial charge is 0.237 e. The molecule has 3 N–H and O–H groups in total. The maximum atomic E-state index is 11.5. The molecule has 4 heteroatoms. The summed E-state index contributed by atoms with van der Waals surface area (Å²) in [7, 11) is 0. The van der Waals surface area contributed by atoms with Crippen molar-refractivity contribution in [1.29, 1.82) is 0 Å². The Labute approximate surface area is 135 Å². The third-order valence-corrected chi connectivity index (χ3v) is 4.14. The van der Waals surface area contributed by atoms with E-state index in [1.54, 1.807) is 12.1 Å². The topological polar surface area (TPSA) is 68.2 Å². The van der Waals surface area contributed by atoms with Crippen molar-refractivity contribution in [2.45, 2.75) is 26.3 Å². The number of nitrogens with two attached hydrogens (primary N) is 1. The fraction of sp³-hybridized carbons (Fsp3) is 0.211. The first-order valence-electron chi connectivity index (χ1n) is 7.75. The number of fused-ring (bicyclic) bond motifs is 1. The molecule has 0 saturated carbocycles. The number of primary amides is 1. The van der Waals surface area contributed by atoms with Crippen LogP contribution in [0.15, 0.2) is 48.5 Å². The second kappa shape index (κ2) is 6.16. The zero-order valence-corrected chi connectivity index (χ0v) is 13.1. The molecule has 0 saturated heterocycles. The minimum Gasteiger partial charge on any atom is -0.508 e. The van der Waals surface area contributed by atoms with E-state index in [1.165, 1.54) is 11.1 Å². The quantitative estimate of drug-likeness (QED) is 0.761. The molecular weight excluding hydrogens is 288 g/mol. The van der Waals surface area contributed by atoms with Gasteiger partial charge in [-0.3, -0.25) is 4.79 Å². The normalized spacial score (nSPS) is 11.0. The summed E-state index contributed by atoms with van der Waals surface area (Å²) in [4.78, 5) is 11.5. The molecule has 2 aromatic carbocycles. The fourth-order valence-electron chi connectivity index (χ4n) is 3.20. The number of phenolic OH excluding ortho intramolecular Hbond substituents is 1. The van der Waals surface area contributed by atoms with Crippen molar-refractivity contribution < 1.29 is 9.90 Å². The number of benzene rings is 2. The van der Waals surface area contributed by atoms with Gasteiger partial charge in [-0.25, -0.2) is 0 Å². The van der Waals surface area contributed by atoms with Crippen molar-refractivity contribution in [3.63, 3.8) is 0 Å². The zero-order valence-electron chi connectivity index (χ0n) is 13.1. The van der Waals surface area contributed by atoms with Crippen molar-refractivity contribution in [2.75, 3.05) is 0 Å². The predicted octanol–water partition coefficient (Wildman–Crippen LogP) is 2.99. The van der Waals surface area contributed by atoms with Crippen LogP contribution in [0, 0.1) is 0 Å². The van der Waals surface area contributed by atoms with Gasteiger partial charge >= 0.3 is 0 Å². The van der Waals surface area contributed by atoms with Crippen LogP contribution >= 0.6 is 0 Å². The Balaban J connectivity index is 2.21. The lowest BCUT2D eigenvalue weighted by atomic mass is 10.0. The standard InChI is InChI=1S/C19H20N2O2/c1-2-17-16(10-13-6-4-3-5-7-13)15-9-8-14(22)11-18(15)21(17)12-19(20)23/h3-9,11,22H,2,10,12H2,1H3,(H2,20,23). The van der Waals surface area contributed by atoms with Crippen molar-refractivity contribution in [3.8, 4) is 5.75 Å². The Morgan fingerprint density at radius 1 is 1.17 bits per heavy atom. The van der Waals surface area contributed by atoms with E-state index >= 15 is 0 Å². The predicted molar refractivity (Wildman–Crippen MR) is 91.4 cm³/mol. The molecule has 3 rings (SSSR count). The molecule has 0 aliphatic rings. The molecule has 0 aliphatic heterocycles. The lowest BCUT2D eigenvalue weighted by Gasteiger charge is -2.09. The van der Waals surface area contributed by atoms with Crippen LogP contribution in [-0.2, 0) is 24.2 Å². The van der Waals surface area contributed by atoms with Gasteiger partial charge in [-0.05, 0) is 36.1 Å². The summed E-state index contributed by atoms with van der Waals surface area (Å²) in [6, 6.07) is 15.5. The van der Waals surface area contributed by atoms with E-state index in [0.29, 0.717) is 0 Å². The summed E-state index contributed by atoms with van der Waals surface area (Å²) >= 11 is 0. The third-order valence-electron chi connectivity index (χ3n) is 4.14. The van der Waals surface area contributed by atoms with Crippen LogP contribution in [0.4, 0.5) is 0 Å². The second-order valence-electron chi connectivity index (χ2n) is 5.70. The van der Waals surface area contributed by atoms with Crippen LogP contribution in [0.3, 0.4) is 0 Å². The summed E-state index contributed by atoms with van der Waals surface area (Å²) in [5, 5.41) is 10.9. The van der Waals surface area contributed by atoms with E-state index in [1.807, 2.05) is 28.8 Å². The summed E-state index contributed by atoms with van der Waals surface area (Å²) in [5.41, 5.74) is 9.77. The van der Waals surface area contributed by atoms with Crippen molar-refractivity contribution in [2.24, 2.45) is 5.73 Å². The van der Waals surface area contributed by atoms with E-state index in [9.17, 15) is 9.90 Å². The molecule has 0 unspecified atom stereocenters. The Morgan fingerprint density at radius 2 is 1.91 bits per heavy atom. The van der Waals surface area contributed by atoms with Crippen LogP contribution in [0.25, 0.3) is 10.9 Å². The summed E-state index contributed by atoms with van der Waals surface area (Å²) in [6.07, 6.45) is 1.59.